The number of carbonyl (C=O) groups excluding carboxylic acids is 4. The minimum atomic E-state index is -0.719. The summed E-state index contributed by atoms with van der Waals surface area (Å²) in [6, 6.07) is 29.4. The van der Waals surface area contributed by atoms with Crippen LogP contribution in [-0.2, 0) is 44.7 Å². The molecular formula is C60H68N8O6. The molecule has 4 N–H and O–H groups in total. The number of rotatable bonds is 16. The van der Waals surface area contributed by atoms with Crippen molar-refractivity contribution in [1.29, 1.82) is 0 Å². The van der Waals surface area contributed by atoms with Gasteiger partial charge in [-0.3, -0.25) is 9.59 Å². The summed E-state index contributed by atoms with van der Waals surface area (Å²) in [6.07, 6.45) is 12.2. The predicted molar refractivity (Wildman–Crippen MR) is 288 cm³/mol. The van der Waals surface area contributed by atoms with E-state index < -0.39 is 24.3 Å². The number of nitrogens with zero attached hydrogens (tertiary/aromatic N) is 4. The van der Waals surface area contributed by atoms with Crippen LogP contribution in [0.4, 0.5) is 9.59 Å². The zero-order valence-corrected chi connectivity index (χ0v) is 43.0. The molecule has 0 spiro atoms. The van der Waals surface area contributed by atoms with Crippen molar-refractivity contribution in [2.75, 3.05) is 26.3 Å². The molecule has 4 atom stereocenters. The summed E-state index contributed by atoms with van der Waals surface area (Å²) in [4.78, 5) is 72.7. The van der Waals surface area contributed by atoms with Crippen LogP contribution in [0, 0.1) is 11.8 Å². The van der Waals surface area contributed by atoms with Crippen molar-refractivity contribution >= 4 is 24.0 Å². The summed E-state index contributed by atoms with van der Waals surface area (Å²) in [7, 11) is 0. The molecule has 2 fully saturated rings. The van der Waals surface area contributed by atoms with Gasteiger partial charge < -0.3 is 39.9 Å². The molecule has 6 aliphatic rings. The largest absolute Gasteiger partial charge is 0.445 e. The van der Waals surface area contributed by atoms with Gasteiger partial charge >= 0.3 is 12.2 Å². The maximum absolute atomic E-state index is 13.8. The van der Waals surface area contributed by atoms with Crippen molar-refractivity contribution in [3.05, 3.63) is 157 Å². The van der Waals surface area contributed by atoms with E-state index in [0.717, 1.165) is 96.7 Å². The standard InChI is InChI=1S/C60H68N8O6/c1-7-31-73-59(71)65-53(37(3)4)57(69)67-29-9-11-51(67)55-61-35-49(63-55)45-25-21-43(22-26-45)47-33-39-13-17-41(47)19-15-40-14-18-42(20-16-39)48(34-40)44-23-27-46(28-24-44)50-36-62-56(64-50)52-12-10-30-68(52)58(70)54(38(5)6)66-60(72)74-32-8-2/h7-8,13-14,17-18,21-28,33-38,51-54H,1-2,9-12,15-16,19-20,29-32H2,3-6H3,(H,61,63)(H,62,64)(H,65,71)(H,66,72). The maximum Gasteiger partial charge on any atom is 0.408 e. The average Bonchev–Trinajstić information content (AvgIpc) is 4.27. The van der Waals surface area contributed by atoms with Gasteiger partial charge in [-0.1, -0.05) is 138 Å². The average molecular weight is 997 g/mol. The van der Waals surface area contributed by atoms with E-state index in [1.807, 2.05) is 49.9 Å². The van der Waals surface area contributed by atoms with Gasteiger partial charge in [-0.15, -0.1) is 0 Å². The summed E-state index contributed by atoms with van der Waals surface area (Å²) in [5.41, 5.74) is 13.8. The fourth-order valence-corrected chi connectivity index (χ4v) is 10.7. The second kappa shape index (κ2) is 23.0. The zero-order valence-electron chi connectivity index (χ0n) is 43.0. The Hall–Kier alpha value is -7.74. The first kappa shape index (κ1) is 51.2. The Balaban J connectivity index is 0.858. The normalized spacial score (nSPS) is 17.2. The fourth-order valence-electron chi connectivity index (χ4n) is 10.7. The van der Waals surface area contributed by atoms with E-state index in [9.17, 15) is 19.2 Å². The molecule has 0 saturated carbocycles. The molecule has 4 unspecified atom stereocenters. The van der Waals surface area contributed by atoms with Crippen LogP contribution >= 0.6 is 0 Å². The minimum Gasteiger partial charge on any atom is -0.445 e. The Morgan fingerprint density at radius 2 is 0.986 bits per heavy atom. The number of aromatic amines is 2. The third-order valence-corrected chi connectivity index (χ3v) is 14.7. The molecule has 4 aromatic carbocycles. The number of hydrogen-bond donors (Lipinski definition) is 4. The SMILES string of the molecule is C=CCOC(=O)NC(C(=O)N1CCCC1c1ncc(-c2ccc(-c3cc4ccc3CCc3ccc(c(-c5ccc(-c6cnc(C7CCCN7C(=O)C(NC(=O)OCC=C)C(C)C)[nH]6)cc5)c3)CC4)cc2)[nH]1)C(C)C. The van der Waals surface area contributed by atoms with Crippen molar-refractivity contribution in [3.8, 4) is 44.8 Å². The highest BCUT2D eigenvalue weighted by atomic mass is 16.6. The van der Waals surface area contributed by atoms with Crippen LogP contribution in [0.25, 0.3) is 44.8 Å². The van der Waals surface area contributed by atoms with E-state index in [1.165, 1.54) is 45.5 Å². The lowest BCUT2D eigenvalue weighted by Gasteiger charge is -2.30. The molecule has 4 bridgehead atoms. The highest BCUT2D eigenvalue weighted by molar-refractivity contribution is 5.87. The van der Waals surface area contributed by atoms with E-state index in [-0.39, 0.29) is 48.9 Å². The van der Waals surface area contributed by atoms with E-state index >= 15 is 0 Å². The number of imidazole rings is 2. The lowest BCUT2D eigenvalue weighted by molar-refractivity contribution is -0.136. The maximum atomic E-state index is 13.8. The van der Waals surface area contributed by atoms with Gasteiger partial charge in [-0.2, -0.15) is 0 Å². The molecule has 14 nitrogen and oxygen atoms in total. The number of ether oxygens (including phenoxy) is 2. The van der Waals surface area contributed by atoms with Crippen LogP contribution in [0.15, 0.2) is 123 Å². The van der Waals surface area contributed by atoms with E-state index in [2.05, 4.69) is 119 Å². The van der Waals surface area contributed by atoms with Crippen LogP contribution in [0.3, 0.4) is 0 Å². The van der Waals surface area contributed by atoms with Crippen molar-refractivity contribution in [3.63, 3.8) is 0 Å². The Morgan fingerprint density at radius 3 is 1.36 bits per heavy atom. The van der Waals surface area contributed by atoms with Crippen molar-refractivity contribution < 1.29 is 28.7 Å². The molecule has 4 heterocycles. The van der Waals surface area contributed by atoms with Crippen molar-refractivity contribution in [2.45, 2.75) is 103 Å². The summed E-state index contributed by atoms with van der Waals surface area (Å²) < 4.78 is 10.2. The van der Waals surface area contributed by atoms with Gasteiger partial charge in [0.2, 0.25) is 11.8 Å². The van der Waals surface area contributed by atoms with Crippen LogP contribution in [0.5, 0.6) is 0 Å². The number of nitrogens with one attached hydrogen (secondary N) is 4. The smallest absolute Gasteiger partial charge is 0.408 e. The predicted octanol–water partition coefficient (Wildman–Crippen LogP) is 10.9. The summed E-state index contributed by atoms with van der Waals surface area (Å²) >= 11 is 0. The first-order valence-electron chi connectivity index (χ1n) is 26.1. The number of amides is 4. The van der Waals surface area contributed by atoms with Crippen LogP contribution in [0.2, 0.25) is 0 Å². The molecule has 74 heavy (non-hydrogen) atoms. The van der Waals surface area contributed by atoms with Gasteiger partial charge in [0.15, 0.2) is 0 Å². The third-order valence-electron chi connectivity index (χ3n) is 14.7. The van der Waals surface area contributed by atoms with Crippen LogP contribution < -0.4 is 10.6 Å². The molecular weight excluding hydrogens is 929 g/mol. The monoisotopic (exact) mass is 997 g/mol. The summed E-state index contributed by atoms with van der Waals surface area (Å²) in [5.74, 6) is 0.929. The number of carbonyl (C=O) groups is 4. The molecule has 2 saturated heterocycles. The van der Waals surface area contributed by atoms with Crippen LogP contribution in [-0.4, -0.2) is 92.1 Å². The van der Waals surface area contributed by atoms with Gasteiger partial charge in [-0.25, -0.2) is 19.6 Å². The number of aromatic nitrogens is 4. The first-order valence-corrected chi connectivity index (χ1v) is 26.1. The Bertz CT molecular complexity index is 2790. The van der Waals surface area contributed by atoms with Gasteiger partial charge in [0, 0.05) is 13.1 Å². The molecule has 0 radical (unpaired) electrons. The van der Waals surface area contributed by atoms with Gasteiger partial charge in [0.25, 0.3) is 0 Å². The molecule has 14 heteroatoms. The molecule has 4 aliphatic carbocycles. The van der Waals surface area contributed by atoms with Gasteiger partial charge in [-0.05, 0) is 119 Å². The number of likely N-dealkylation sites (tertiary alicyclic amines) is 2. The third kappa shape index (κ3) is 11.4. The van der Waals surface area contributed by atoms with E-state index in [0.29, 0.717) is 13.1 Å². The Labute approximate surface area is 434 Å². The number of hydrogen-bond acceptors (Lipinski definition) is 8. The second-order valence-corrected chi connectivity index (χ2v) is 20.4. The molecule has 2 aliphatic heterocycles. The zero-order chi connectivity index (χ0) is 51.9. The molecule has 12 rings (SSSR count). The number of benzene rings is 4. The topological polar surface area (TPSA) is 175 Å². The Morgan fingerprint density at radius 1 is 0.595 bits per heavy atom. The second-order valence-electron chi connectivity index (χ2n) is 20.4. The lowest BCUT2D eigenvalue weighted by atomic mass is 9.87. The molecule has 2 aromatic heterocycles. The molecule has 6 aromatic rings. The number of alkyl carbamates (subject to hydrolysis) is 2. The van der Waals surface area contributed by atoms with Crippen LogP contribution in [0.1, 0.15) is 99.4 Å². The Kier molecular flexibility index (Phi) is 15.9. The number of H-pyrrole nitrogens is 2. The van der Waals surface area contributed by atoms with Gasteiger partial charge in [0.1, 0.15) is 36.9 Å². The van der Waals surface area contributed by atoms with E-state index in [1.54, 1.807) is 0 Å². The highest BCUT2D eigenvalue weighted by Gasteiger charge is 2.39. The van der Waals surface area contributed by atoms with Crippen molar-refractivity contribution in [1.82, 2.24) is 40.4 Å². The first-order chi connectivity index (χ1) is 35.9. The lowest BCUT2D eigenvalue weighted by Crippen LogP contribution is -2.51. The number of aryl methyl sites for hydroxylation is 4. The quantitative estimate of drug-likeness (QED) is 0.0693. The highest BCUT2D eigenvalue weighted by Crippen LogP contribution is 2.37. The molecule has 384 valence electrons. The summed E-state index contributed by atoms with van der Waals surface area (Å²) in [6.45, 7) is 16.2. The minimum absolute atomic E-state index is 0.0714. The summed E-state index contributed by atoms with van der Waals surface area (Å²) in [5, 5.41) is 5.53. The molecule has 4 amide bonds. The van der Waals surface area contributed by atoms with Gasteiger partial charge in [0.05, 0.1) is 35.9 Å². The van der Waals surface area contributed by atoms with Crippen molar-refractivity contribution in [2.24, 2.45) is 11.8 Å². The van der Waals surface area contributed by atoms with E-state index in [4.69, 9.17) is 19.4 Å². The fraction of sp³-hybridized carbons (Fsp3) is 0.367.